The van der Waals surface area contributed by atoms with Crippen molar-refractivity contribution in [2.45, 2.75) is 25.9 Å². The molecule has 3 rings (SSSR count). The van der Waals surface area contributed by atoms with Crippen molar-refractivity contribution in [3.8, 4) is 5.69 Å². The zero-order valence-electron chi connectivity index (χ0n) is 19.1. The summed E-state index contributed by atoms with van der Waals surface area (Å²) in [5.41, 5.74) is 4.54. The van der Waals surface area contributed by atoms with Gasteiger partial charge in [-0.2, -0.15) is 4.98 Å². The Morgan fingerprint density at radius 2 is 1.82 bits per heavy atom. The fourth-order valence-corrected chi connectivity index (χ4v) is 3.64. The standard InChI is InChI=1S/C22H28N6O6/c1-22(2,34-19(23)31)18(30)26-9-11-27(12-10-26)20(32)24-17-6-8-28(21(33)25-17)16-5-3-4-15(14-16)7-13-29/h3-6,8,14,29H,7,9-13H2,1-2H3,(H2,23,31)(H,24,25,32,33). The van der Waals surface area contributed by atoms with Crippen LogP contribution in [0.2, 0.25) is 0 Å². The van der Waals surface area contributed by atoms with Crippen molar-refractivity contribution in [3.05, 3.63) is 52.6 Å². The van der Waals surface area contributed by atoms with Crippen LogP contribution in [0.5, 0.6) is 0 Å². The van der Waals surface area contributed by atoms with Gasteiger partial charge in [-0.15, -0.1) is 0 Å². The van der Waals surface area contributed by atoms with Crippen LogP contribution in [-0.2, 0) is 16.0 Å². The van der Waals surface area contributed by atoms with Crippen molar-refractivity contribution in [2.75, 3.05) is 38.1 Å². The number of urea groups is 1. The van der Waals surface area contributed by atoms with Crippen molar-refractivity contribution in [3.63, 3.8) is 0 Å². The highest BCUT2D eigenvalue weighted by molar-refractivity contribution is 5.89. The Morgan fingerprint density at radius 1 is 1.15 bits per heavy atom. The molecule has 1 fully saturated rings. The van der Waals surface area contributed by atoms with Gasteiger partial charge in [-0.1, -0.05) is 12.1 Å². The van der Waals surface area contributed by atoms with Gasteiger partial charge >= 0.3 is 17.8 Å². The Kier molecular flexibility index (Phi) is 7.51. The van der Waals surface area contributed by atoms with Crippen LogP contribution in [-0.4, -0.2) is 80.9 Å². The predicted molar refractivity (Wildman–Crippen MR) is 123 cm³/mol. The van der Waals surface area contributed by atoms with E-state index >= 15 is 0 Å². The number of aromatic nitrogens is 2. The summed E-state index contributed by atoms with van der Waals surface area (Å²) in [7, 11) is 0. The number of piperazine rings is 1. The predicted octanol–water partition coefficient (Wildman–Crippen LogP) is 0.317. The summed E-state index contributed by atoms with van der Waals surface area (Å²) in [6.07, 6.45) is 0.947. The monoisotopic (exact) mass is 472 g/mol. The van der Waals surface area contributed by atoms with E-state index in [1.807, 2.05) is 6.07 Å². The third-order valence-electron chi connectivity index (χ3n) is 5.35. The average Bonchev–Trinajstić information content (AvgIpc) is 2.78. The molecule has 0 unspecified atom stereocenters. The number of carbonyl (C=O) groups is 3. The molecule has 12 heteroatoms. The van der Waals surface area contributed by atoms with Gasteiger partial charge in [0.25, 0.3) is 5.91 Å². The topological polar surface area (TPSA) is 160 Å². The highest BCUT2D eigenvalue weighted by atomic mass is 16.6. The van der Waals surface area contributed by atoms with E-state index in [4.69, 9.17) is 15.6 Å². The molecule has 4 N–H and O–H groups in total. The second-order valence-corrected chi connectivity index (χ2v) is 8.25. The first-order valence-electron chi connectivity index (χ1n) is 10.7. The van der Waals surface area contributed by atoms with E-state index in [0.29, 0.717) is 12.1 Å². The van der Waals surface area contributed by atoms with Gasteiger partial charge in [0.2, 0.25) is 0 Å². The number of benzene rings is 1. The number of nitrogens with zero attached hydrogens (tertiary/aromatic N) is 4. The maximum atomic E-state index is 12.6. The smallest absolute Gasteiger partial charge is 0.405 e. The number of nitrogens with two attached hydrogens (primary N) is 1. The van der Waals surface area contributed by atoms with E-state index in [9.17, 15) is 19.2 Å². The lowest BCUT2D eigenvalue weighted by atomic mass is 10.1. The van der Waals surface area contributed by atoms with Gasteiger partial charge in [0.1, 0.15) is 5.82 Å². The van der Waals surface area contributed by atoms with Gasteiger partial charge in [-0.25, -0.2) is 14.4 Å². The summed E-state index contributed by atoms with van der Waals surface area (Å²) in [5, 5.41) is 11.7. The maximum Gasteiger partial charge on any atom is 0.405 e. The fraction of sp³-hybridized carbons (Fsp3) is 0.409. The Hall–Kier alpha value is -3.93. The van der Waals surface area contributed by atoms with Gasteiger partial charge in [-0.05, 0) is 44.0 Å². The quantitative estimate of drug-likeness (QED) is 0.545. The minimum atomic E-state index is -1.40. The molecule has 12 nitrogen and oxygen atoms in total. The normalized spacial score (nSPS) is 14.0. The minimum Gasteiger partial charge on any atom is -0.434 e. The van der Waals surface area contributed by atoms with Crippen LogP contribution in [0.25, 0.3) is 5.69 Å². The lowest BCUT2D eigenvalue weighted by Gasteiger charge is -2.37. The van der Waals surface area contributed by atoms with Crippen LogP contribution in [0.15, 0.2) is 41.3 Å². The first kappa shape index (κ1) is 24.7. The van der Waals surface area contributed by atoms with E-state index in [0.717, 1.165) is 5.56 Å². The zero-order valence-corrected chi connectivity index (χ0v) is 19.1. The van der Waals surface area contributed by atoms with Crippen LogP contribution in [0.1, 0.15) is 19.4 Å². The second-order valence-electron chi connectivity index (χ2n) is 8.25. The number of hydrogen-bond acceptors (Lipinski definition) is 7. The van der Waals surface area contributed by atoms with E-state index in [2.05, 4.69) is 10.3 Å². The number of amides is 4. The van der Waals surface area contributed by atoms with Crippen LogP contribution < -0.4 is 16.7 Å². The van der Waals surface area contributed by atoms with Crippen molar-refractivity contribution in [2.24, 2.45) is 5.73 Å². The molecular weight excluding hydrogens is 444 g/mol. The summed E-state index contributed by atoms with van der Waals surface area (Å²) in [5.74, 6) is -0.299. The molecule has 1 aliphatic heterocycles. The molecule has 0 radical (unpaired) electrons. The van der Waals surface area contributed by atoms with E-state index in [1.54, 1.807) is 18.2 Å². The van der Waals surface area contributed by atoms with Crippen LogP contribution in [0.3, 0.4) is 0 Å². The second kappa shape index (κ2) is 10.3. The number of hydrogen-bond donors (Lipinski definition) is 3. The number of nitrogens with one attached hydrogen (secondary N) is 1. The largest absolute Gasteiger partial charge is 0.434 e. The summed E-state index contributed by atoms with van der Waals surface area (Å²) >= 11 is 0. The van der Waals surface area contributed by atoms with Gasteiger partial charge in [0.05, 0.1) is 5.69 Å². The highest BCUT2D eigenvalue weighted by Crippen LogP contribution is 2.16. The third-order valence-corrected chi connectivity index (χ3v) is 5.35. The summed E-state index contributed by atoms with van der Waals surface area (Å²) < 4.78 is 6.23. The van der Waals surface area contributed by atoms with Crippen molar-refractivity contribution >= 4 is 23.8 Å². The van der Waals surface area contributed by atoms with Gasteiger partial charge in [0, 0.05) is 39.0 Å². The zero-order chi connectivity index (χ0) is 24.9. The average molecular weight is 473 g/mol. The molecule has 1 saturated heterocycles. The van der Waals surface area contributed by atoms with Crippen LogP contribution in [0, 0.1) is 0 Å². The Bertz CT molecular complexity index is 1120. The summed E-state index contributed by atoms with van der Waals surface area (Å²) in [6, 6.07) is 8.24. The van der Waals surface area contributed by atoms with Gasteiger partial charge in [0.15, 0.2) is 5.60 Å². The molecule has 0 aliphatic carbocycles. The third kappa shape index (κ3) is 5.90. The molecule has 182 valence electrons. The molecule has 0 saturated carbocycles. The molecule has 1 aromatic heterocycles. The maximum absolute atomic E-state index is 12.6. The highest BCUT2D eigenvalue weighted by Gasteiger charge is 2.37. The Morgan fingerprint density at radius 3 is 2.44 bits per heavy atom. The molecule has 1 aromatic carbocycles. The SMILES string of the molecule is CC(C)(OC(N)=O)C(=O)N1CCN(C(=O)Nc2ccn(-c3cccc(CCO)c3)c(=O)n2)CC1. The molecule has 34 heavy (non-hydrogen) atoms. The van der Waals surface area contributed by atoms with E-state index in [1.165, 1.54) is 40.5 Å². The Labute approximate surface area is 195 Å². The van der Waals surface area contributed by atoms with Crippen LogP contribution in [0.4, 0.5) is 15.4 Å². The van der Waals surface area contributed by atoms with Crippen LogP contribution >= 0.6 is 0 Å². The van der Waals surface area contributed by atoms with E-state index < -0.39 is 29.3 Å². The molecular formula is C22H28N6O6. The number of aliphatic hydroxyl groups excluding tert-OH is 1. The number of primary amides is 1. The lowest BCUT2D eigenvalue weighted by Crippen LogP contribution is -2.56. The number of rotatable bonds is 6. The molecule has 0 atom stereocenters. The fourth-order valence-electron chi connectivity index (χ4n) is 3.64. The number of ether oxygens (including phenoxy) is 1. The molecule has 2 heterocycles. The Balaban J connectivity index is 1.60. The minimum absolute atomic E-state index is 0.00288. The van der Waals surface area contributed by atoms with Gasteiger partial charge in [-0.3, -0.25) is 14.7 Å². The molecule has 0 bridgehead atoms. The summed E-state index contributed by atoms with van der Waals surface area (Å²) in [6.45, 7) is 3.90. The number of aliphatic hydroxyl groups is 1. The first-order chi connectivity index (χ1) is 16.1. The molecule has 2 aromatic rings. The summed E-state index contributed by atoms with van der Waals surface area (Å²) in [4.78, 5) is 55.7. The number of carbonyl (C=O) groups excluding carboxylic acids is 3. The first-order valence-corrected chi connectivity index (χ1v) is 10.7. The van der Waals surface area contributed by atoms with Crippen molar-refractivity contribution in [1.82, 2.24) is 19.4 Å². The van der Waals surface area contributed by atoms with Gasteiger partial charge < -0.3 is 25.4 Å². The van der Waals surface area contributed by atoms with Crippen molar-refractivity contribution in [1.29, 1.82) is 0 Å². The lowest BCUT2D eigenvalue weighted by molar-refractivity contribution is -0.149. The van der Waals surface area contributed by atoms with Crippen molar-refractivity contribution < 1.29 is 24.2 Å². The molecule has 4 amide bonds. The van der Waals surface area contributed by atoms with E-state index in [-0.39, 0.29) is 38.6 Å². The number of anilines is 1. The molecule has 1 aliphatic rings. The molecule has 0 spiro atoms.